The Morgan fingerprint density at radius 2 is 2.32 bits per heavy atom. The van der Waals surface area contributed by atoms with E-state index >= 15 is 0 Å². The largest absolute Gasteiger partial charge is 0.487 e. The fourth-order valence-corrected chi connectivity index (χ4v) is 2.09. The van der Waals surface area contributed by atoms with E-state index in [0.717, 1.165) is 0 Å². The summed E-state index contributed by atoms with van der Waals surface area (Å²) in [4.78, 5) is 21.8. The highest BCUT2D eigenvalue weighted by molar-refractivity contribution is 5.74. The quantitative estimate of drug-likeness (QED) is 0.463. The number of carbonyl (C=O) groups is 1. The van der Waals surface area contributed by atoms with Gasteiger partial charge in [-0.3, -0.25) is 14.9 Å². The Labute approximate surface area is 110 Å². The highest BCUT2D eigenvalue weighted by Gasteiger charge is 2.26. The minimum Gasteiger partial charge on any atom is -0.487 e. The number of hydrogen-bond donors (Lipinski definition) is 0. The zero-order valence-electron chi connectivity index (χ0n) is 10.6. The van der Waals surface area contributed by atoms with Gasteiger partial charge in [0.1, 0.15) is 0 Å². The summed E-state index contributed by atoms with van der Waals surface area (Å²) in [6, 6.07) is 4.94. The number of carbonyl (C=O) groups excluding carboxylic acids is 1. The number of nitro groups is 1. The van der Waals surface area contributed by atoms with Gasteiger partial charge in [-0.15, -0.1) is 0 Å². The Balaban J connectivity index is 1.98. The van der Waals surface area contributed by atoms with Gasteiger partial charge in [0.2, 0.25) is 0 Å². The van der Waals surface area contributed by atoms with Crippen LogP contribution in [0.3, 0.4) is 0 Å². The maximum absolute atomic E-state index is 11.3. The zero-order chi connectivity index (χ0) is 13.8. The summed E-state index contributed by atoms with van der Waals surface area (Å²) in [5.74, 6) is -0.109. The van der Waals surface area contributed by atoms with Gasteiger partial charge in [-0.1, -0.05) is 12.1 Å². The van der Waals surface area contributed by atoms with Crippen LogP contribution in [0, 0.1) is 23.0 Å². The molecule has 6 nitrogen and oxygen atoms in total. The molecule has 0 saturated carbocycles. The lowest BCUT2D eigenvalue weighted by molar-refractivity contribution is -0.386. The summed E-state index contributed by atoms with van der Waals surface area (Å²) < 4.78 is 10.3. The van der Waals surface area contributed by atoms with Crippen molar-refractivity contribution >= 4 is 11.7 Å². The third-order valence-corrected chi connectivity index (χ3v) is 3.15. The zero-order valence-corrected chi connectivity index (χ0v) is 10.6. The van der Waals surface area contributed by atoms with E-state index in [-0.39, 0.29) is 29.9 Å². The Morgan fingerprint density at radius 3 is 2.95 bits per heavy atom. The van der Waals surface area contributed by atoms with Crippen molar-refractivity contribution in [1.82, 2.24) is 0 Å². The van der Waals surface area contributed by atoms with Crippen LogP contribution in [-0.4, -0.2) is 24.1 Å². The summed E-state index contributed by atoms with van der Waals surface area (Å²) in [5, 5.41) is 11.0. The number of cyclic esters (lactones) is 1. The number of ether oxygens (including phenoxy) is 2. The normalized spacial score (nSPS) is 18.2. The van der Waals surface area contributed by atoms with E-state index in [0.29, 0.717) is 25.0 Å². The van der Waals surface area contributed by atoms with Gasteiger partial charge in [0.25, 0.3) is 0 Å². The topological polar surface area (TPSA) is 78.7 Å². The predicted octanol–water partition coefficient (Wildman–Crippen LogP) is 2.24. The molecule has 1 heterocycles. The van der Waals surface area contributed by atoms with E-state index in [2.05, 4.69) is 0 Å². The van der Waals surface area contributed by atoms with Gasteiger partial charge in [0, 0.05) is 5.56 Å². The fraction of sp³-hybridized carbons (Fsp3) is 0.462. The molecule has 1 aromatic rings. The lowest BCUT2D eigenvalue weighted by atomic mass is 10.1. The third-order valence-electron chi connectivity index (χ3n) is 3.15. The molecule has 19 heavy (non-hydrogen) atoms. The first kappa shape index (κ1) is 13.3. The molecular formula is C13H15NO5. The number of benzene rings is 1. The number of nitro benzene ring substituents is 1. The van der Waals surface area contributed by atoms with Crippen molar-refractivity contribution in [3.63, 3.8) is 0 Å². The first-order valence-corrected chi connectivity index (χ1v) is 6.13. The van der Waals surface area contributed by atoms with Crippen LogP contribution >= 0.6 is 0 Å². The summed E-state index contributed by atoms with van der Waals surface area (Å²) in [5.41, 5.74) is 0.541. The van der Waals surface area contributed by atoms with Crippen molar-refractivity contribution < 1.29 is 19.2 Å². The molecule has 1 atom stereocenters. The Morgan fingerprint density at radius 1 is 1.53 bits per heavy atom. The summed E-state index contributed by atoms with van der Waals surface area (Å²) in [6.45, 7) is 2.39. The lowest BCUT2D eigenvalue weighted by Gasteiger charge is -2.09. The highest BCUT2D eigenvalue weighted by atomic mass is 16.6. The second kappa shape index (κ2) is 5.69. The molecular weight excluding hydrogens is 250 g/mol. The SMILES string of the molecule is Cc1cccc(OCC[C@@H]2CCOC2=O)c1[N+](=O)[O-]. The Bertz CT molecular complexity index is 500. The van der Waals surface area contributed by atoms with E-state index in [9.17, 15) is 14.9 Å². The molecule has 1 aromatic carbocycles. The molecule has 0 aliphatic carbocycles. The average molecular weight is 265 g/mol. The highest BCUT2D eigenvalue weighted by Crippen LogP contribution is 2.30. The summed E-state index contributed by atoms with van der Waals surface area (Å²) in [6.07, 6.45) is 1.21. The number of aryl methyl sites for hydroxylation is 1. The molecule has 1 aliphatic heterocycles. The molecule has 1 aliphatic rings. The van der Waals surface area contributed by atoms with Gasteiger partial charge in [-0.25, -0.2) is 0 Å². The molecule has 6 heteroatoms. The predicted molar refractivity (Wildman–Crippen MR) is 67.0 cm³/mol. The molecule has 0 amide bonds. The van der Waals surface area contributed by atoms with Crippen LogP contribution in [0.25, 0.3) is 0 Å². The van der Waals surface area contributed by atoms with Crippen LogP contribution in [-0.2, 0) is 9.53 Å². The number of nitrogens with zero attached hydrogens (tertiary/aromatic N) is 1. The van der Waals surface area contributed by atoms with Gasteiger partial charge in [-0.2, -0.15) is 0 Å². The minimum absolute atomic E-state index is 0.0171. The molecule has 0 radical (unpaired) electrons. The molecule has 2 rings (SSSR count). The van der Waals surface area contributed by atoms with Crippen molar-refractivity contribution in [3.8, 4) is 5.75 Å². The third kappa shape index (κ3) is 3.01. The van der Waals surface area contributed by atoms with Crippen LogP contribution < -0.4 is 4.74 Å². The molecule has 1 fully saturated rings. The maximum atomic E-state index is 11.3. The molecule has 0 unspecified atom stereocenters. The van der Waals surface area contributed by atoms with Crippen molar-refractivity contribution in [2.45, 2.75) is 19.8 Å². The lowest BCUT2D eigenvalue weighted by Crippen LogP contribution is -2.12. The molecule has 1 saturated heterocycles. The van der Waals surface area contributed by atoms with Crippen LogP contribution in [0.15, 0.2) is 18.2 Å². The number of para-hydroxylation sites is 1. The van der Waals surface area contributed by atoms with E-state index in [1.165, 1.54) is 0 Å². The minimum atomic E-state index is -0.450. The fourth-order valence-electron chi connectivity index (χ4n) is 2.09. The molecule has 102 valence electrons. The van der Waals surface area contributed by atoms with Gasteiger partial charge in [0.05, 0.1) is 24.1 Å². The van der Waals surface area contributed by atoms with Gasteiger partial charge >= 0.3 is 11.7 Å². The van der Waals surface area contributed by atoms with Crippen LogP contribution in [0.4, 0.5) is 5.69 Å². The number of hydrogen-bond acceptors (Lipinski definition) is 5. The molecule has 0 aromatic heterocycles. The van der Waals surface area contributed by atoms with Crippen molar-refractivity contribution in [2.24, 2.45) is 5.92 Å². The van der Waals surface area contributed by atoms with Crippen molar-refractivity contribution in [1.29, 1.82) is 0 Å². The van der Waals surface area contributed by atoms with E-state index in [1.807, 2.05) is 0 Å². The number of esters is 1. The van der Waals surface area contributed by atoms with Crippen LogP contribution in [0.1, 0.15) is 18.4 Å². The van der Waals surface area contributed by atoms with Gasteiger partial charge in [-0.05, 0) is 25.8 Å². The second-order valence-electron chi connectivity index (χ2n) is 4.47. The first-order valence-electron chi connectivity index (χ1n) is 6.13. The van der Waals surface area contributed by atoms with Crippen LogP contribution in [0.5, 0.6) is 5.75 Å². The first-order chi connectivity index (χ1) is 9.09. The molecule has 0 N–H and O–H groups in total. The maximum Gasteiger partial charge on any atom is 0.313 e. The molecule has 0 spiro atoms. The van der Waals surface area contributed by atoms with Crippen molar-refractivity contribution in [2.75, 3.05) is 13.2 Å². The standard InChI is InChI=1S/C13H15NO5/c1-9-3-2-4-11(12(9)14(16)17)18-7-5-10-6-8-19-13(10)15/h2-4,10H,5-8H2,1H3/t10-/m1/s1. The molecule has 0 bridgehead atoms. The Hall–Kier alpha value is -2.11. The van der Waals surface area contributed by atoms with E-state index in [4.69, 9.17) is 9.47 Å². The Kier molecular flexibility index (Phi) is 3.99. The monoisotopic (exact) mass is 265 g/mol. The van der Waals surface area contributed by atoms with Gasteiger partial charge < -0.3 is 9.47 Å². The number of rotatable bonds is 5. The second-order valence-corrected chi connectivity index (χ2v) is 4.47. The van der Waals surface area contributed by atoms with Crippen molar-refractivity contribution in [3.05, 3.63) is 33.9 Å². The smallest absolute Gasteiger partial charge is 0.313 e. The van der Waals surface area contributed by atoms with E-state index < -0.39 is 4.92 Å². The summed E-state index contributed by atoms with van der Waals surface area (Å²) in [7, 11) is 0. The summed E-state index contributed by atoms with van der Waals surface area (Å²) >= 11 is 0. The van der Waals surface area contributed by atoms with Gasteiger partial charge in [0.15, 0.2) is 5.75 Å². The van der Waals surface area contributed by atoms with E-state index in [1.54, 1.807) is 25.1 Å². The van der Waals surface area contributed by atoms with Crippen LogP contribution in [0.2, 0.25) is 0 Å². The average Bonchev–Trinajstić information content (AvgIpc) is 2.75.